The average Bonchev–Trinajstić information content (AvgIpc) is 2.48. The molecule has 0 atom stereocenters. The number of carbonyl (C=O) groups is 1. The molecule has 122 valence electrons. The number of aryl methyl sites for hydroxylation is 1. The van der Waals surface area contributed by atoms with Crippen molar-refractivity contribution in [3.63, 3.8) is 0 Å². The molecule has 0 heterocycles. The van der Waals surface area contributed by atoms with Crippen LogP contribution in [0.25, 0.3) is 0 Å². The first-order valence-electron chi connectivity index (χ1n) is 6.93. The number of esters is 1. The summed E-state index contributed by atoms with van der Waals surface area (Å²) >= 11 is 0. The number of hydrogen-bond acceptors (Lipinski definition) is 3. The van der Waals surface area contributed by atoms with Gasteiger partial charge < -0.3 is 9.47 Å². The molecule has 0 aliphatic heterocycles. The van der Waals surface area contributed by atoms with E-state index in [1.165, 1.54) is 18.2 Å². The molecule has 0 amide bonds. The summed E-state index contributed by atoms with van der Waals surface area (Å²) in [5, 5.41) is 0. The molecule has 2 aromatic rings. The van der Waals surface area contributed by atoms with Crippen LogP contribution >= 0.6 is 0 Å². The molecule has 0 bridgehead atoms. The number of halogens is 3. The van der Waals surface area contributed by atoms with Gasteiger partial charge in [-0.3, -0.25) is 0 Å². The molecule has 0 aromatic heterocycles. The van der Waals surface area contributed by atoms with Gasteiger partial charge in [0.15, 0.2) is 0 Å². The minimum Gasteiger partial charge on any atom is -0.462 e. The molecule has 0 radical (unpaired) electrons. The lowest BCUT2D eigenvalue weighted by molar-refractivity contribution is -0.274. The van der Waals surface area contributed by atoms with Crippen LogP contribution in [0.1, 0.15) is 21.5 Å². The van der Waals surface area contributed by atoms with E-state index in [4.69, 9.17) is 4.74 Å². The average molecular weight is 324 g/mol. The maximum absolute atomic E-state index is 12.3. The molecule has 0 aliphatic rings. The van der Waals surface area contributed by atoms with Crippen LogP contribution < -0.4 is 4.74 Å². The van der Waals surface area contributed by atoms with Crippen molar-refractivity contribution in [1.29, 1.82) is 0 Å². The van der Waals surface area contributed by atoms with Gasteiger partial charge in [-0.2, -0.15) is 0 Å². The second-order valence-electron chi connectivity index (χ2n) is 4.86. The van der Waals surface area contributed by atoms with E-state index in [9.17, 15) is 18.0 Å². The Kier molecular flexibility index (Phi) is 5.26. The van der Waals surface area contributed by atoms with Gasteiger partial charge in [-0.15, -0.1) is 13.2 Å². The third kappa shape index (κ3) is 5.02. The van der Waals surface area contributed by atoms with Gasteiger partial charge in [0.05, 0.1) is 6.61 Å². The molecule has 2 aromatic carbocycles. The Morgan fingerprint density at radius 1 is 1.04 bits per heavy atom. The maximum Gasteiger partial charge on any atom is 0.573 e. The quantitative estimate of drug-likeness (QED) is 0.770. The van der Waals surface area contributed by atoms with Gasteiger partial charge in [0.25, 0.3) is 0 Å². The third-order valence-electron chi connectivity index (χ3n) is 3.20. The Morgan fingerprint density at radius 2 is 1.70 bits per heavy atom. The highest BCUT2D eigenvalue weighted by Gasteiger charge is 2.33. The van der Waals surface area contributed by atoms with E-state index in [-0.39, 0.29) is 12.2 Å². The van der Waals surface area contributed by atoms with E-state index < -0.39 is 18.1 Å². The lowest BCUT2D eigenvalue weighted by atomic mass is 10.1. The van der Waals surface area contributed by atoms with E-state index in [0.29, 0.717) is 6.42 Å². The molecule has 0 N–H and O–H groups in total. The van der Waals surface area contributed by atoms with Crippen molar-refractivity contribution in [3.8, 4) is 5.75 Å². The molecule has 0 fully saturated rings. The van der Waals surface area contributed by atoms with Crippen LogP contribution in [0.3, 0.4) is 0 Å². The standard InChI is InChI=1S/C17H15F3O3/c1-12-6-2-3-7-13(12)10-11-22-16(21)14-8-4-5-9-15(14)23-17(18,19)20/h2-9H,10-11H2,1H3. The fourth-order valence-corrected chi connectivity index (χ4v) is 2.07. The SMILES string of the molecule is Cc1ccccc1CCOC(=O)c1ccccc1OC(F)(F)F. The Bertz CT molecular complexity index is 681. The Labute approximate surface area is 131 Å². The lowest BCUT2D eigenvalue weighted by Gasteiger charge is -2.13. The van der Waals surface area contributed by atoms with Gasteiger partial charge in [0, 0.05) is 6.42 Å². The number of ether oxygens (including phenoxy) is 2. The van der Waals surface area contributed by atoms with E-state index in [1.54, 1.807) is 0 Å². The van der Waals surface area contributed by atoms with E-state index >= 15 is 0 Å². The zero-order valence-electron chi connectivity index (χ0n) is 12.4. The van der Waals surface area contributed by atoms with Gasteiger partial charge >= 0.3 is 12.3 Å². The van der Waals surface area contributed by atoms with E-state index in [0.717, 1.165) is 17.2 Å². The molecule has 3 nitrogen and oxygen atoms in total. The van der Waals surface area contributed by atoms with Crippen LogP contribution in [0.15, 0.2) is 48.5 Å². The number of para-hydroxylation sites is 1. The van der Waals surface area contributed by atoms with Crippen molar-refractivity contribution in [2.24, 2.45) is 0 Å². The monoisotopic (exact) mass is 324 g/mol. The first-order chi connectivity index (χ1) is 10.9. The molecular weight excluding hydrogens is 309 g/mol. The number of hydrogen-bond donors (Lipinski definition) is 0. The fraction of sp³-hybridized carbons (Fsp3) is 0.235. The zero-order chi connectivity index (χ0) is 16.9. The number of alkyl halides is 3. The van der Waals surface area contributed by atoms with E-state index in [2.05, 4.69) is 4.74 Å². The summed E-state index contributed by atoms with van der Waals surface area (Å²) in [7, 11) is 0. The smallest absolute Gasteiger partial charge is 0.462 e. The fourth-order valence-electron chi connectivity index (χ4n) is 2.07. The molecule has 0 saturated carbocycles. The van der Waals surface area contributed by atoms with Gasteiger partial charge in [-0.05, 0) is 30.2 Å². The van der Waals surface area contributed by atoms with Crippen molar-refractivity contribution in [2.75, 3.05) is 6.61 Å². The normalized spacial score (nSPS) is 11.1. The highest BCUT2D eigenvalue weighted by molar-refractivity contribution is 5.92. The minimum atomic E-state index is -4.86. The topological polar surface area (TPSA) is 35.5 Å². The van der Waals surface area contributed by atoms with E-state index in [1.807, 2.05) is 31.2 Å². The predicted molar refractivity (Wildman–Crippen MR) is 78.3 cm³/mol. The summed E-state index contributed by atoms with van der Waals surface area (Å²) in [6.45, 7) is 2.01. The second kappa shape index (κ2) is 7.17. The van der Waals surface area contributed by atoms with Crippen LogP contribution in [-0.4, -0.2) is 18.9 Å². The second-order valence-corrected chi connectivity index (χ2v) is 4.86. The molecule has 0 spiro atoms. The summed E-state index contributed by atoms with van der Waals surface area (Å²) in [6, 6.07) is 12.7. The molecule has 2 rings (SSSR count). The van der Waals surface area contributed by atoms with Crippen LogP contribution in [0.2, 0.25) is 0 Å². The van der Waals surface area contributed by atoms with Gasteiger partial charge in [0.1, 0.15) is 11.3 Å². The van der Waals surface area contributed by atoms with Crippen molar-refractivity contribution in [3.05, 3.63) is 65.2 Å². The Balaban J connectivity index is 2.00. The lowest BCUT2D eigenvalue weighted by Crippen LogP contribution is -2.19. The minimum absolute atomic E-state index is 0.0735. The first kappa shape index (κ1) is 16.9. The predicted octanol–water partition coefficient (Wildman–Crippen LogP) is 4.29. The van der Waals surface area contributed by atoms with Crippen LogP contribution in [0, 0.1) is 6.92 Å². The van der Waals surface area contributed by atoms with Gasteiger partial charge in [-0.25, -0.2) is 4.79 Å². The number of benzene rings is 2. The highest BCUT2D eigenvalue weighted by atomic mass is 19.4. The summed E-state index contributed by atoms with van der Waals surface area (Å²) < 4.78 is 45.9. The van der Waals surface area contributed by atoms with Gasteiger partial charge in [0.2, 0.25) is 0 Å². The Morgan fingerprint density at radius 3 is 2.39 bits per heavy atom. The summed E-state index contributed by atoms with van der Waals surface area (Å²) in [5.41, 5.74) is 1.82. The molecule has 6 heteroatoms. The molecule has 0 unspecified atom stereocenters. The first-order valence-corrected chi connectivity index (χ1v) is 6.93. The maximum atomic E-state index is 12.3. The van der Waals surface area contributed by atoms with Crippen molar-refractivity contribution >= 4 is 5.97 Å². The number of carbonyl (C=O) groups excluding carboxylic acids is 1. The molecule has 0 saturated heterocycles. The third-order valence-corrected chi connectivity index (χ3v) is 3.20. The van der Waals surface area contributed by atoms with Gasteiger partial charge in [-0.1, -0.05) is 36.4 Å². The van der Waals surface area contributed by atoms with Crippen molar-refractivity contribution in [2.45, 2.75) is 19.7 Å². The van der Waals surface area contributed by atoms with Crippen LogP contribution in [0.4, 0.5) is 13.2 Å². The van der Waals surface area contributed by atoms with Crippen LogP contribution in [0.5, 0.6) is 5.75 Å². The summed E-state index contributed by atoms with van der Waals surface area (Å²) in [4.78, 5) is 12.0. The highest BCUT2D eigenvalue weighted by Crippen LogP contribution is 2.26. The summed E-state index contributed by atoms with van der Waals surface area (Å²) in [5.74, 6) is -1.42. The van der Waals surface area contributed by atoms with Crippen molar-refractivity contribution in [1.82, 2.24) is 0 Å². The molecule has 0 aliphatic carbocycles. The summed E-state index contributed by atoms with van der Waals surface area (Å²) in [6.07, 6.45) is -4.38. The molecular formula is C17H15F3O3. The zero-order valence-corrected chi connectivity index (χ0v) is 12.4. The molecule has 23 heavy (non-hydrogen) atoms. The van der Waals surface area contributed by atoms with Crippen LogP contribution in [-0.2, 0) is 11.2 Å². The van der Waals surface area contributed by atoms with Crippen molar-refractivity contribution < 1.29 is 27.4 Å². The largest absolute Gasteiger partial charge is 0.573 e. The number of rotatable bonds is 5. The Hall–Kier alpha value is -2.50.